The molecule has 1 aromatic carbocycles. The predicted molar refractivity (Wildman–Crippen MR) is 92.1 cm³/mol. The van der Waals surface area contributed by atoms with Gasteiger partial charge in [-0.1, -0.05) is 6.07 Å². The number of esters is 2. The van der Waals surface area contributed by atoms with Gasteiger partial charge in [-0.2, -0.15) is 0 Å². The van der Waals surface area contributed by atoms with Gasteiger partial charge < -0.3 is 19.7 Å². The topological polar surface area (TPSA) is 84.9 Å². The van der Waals surface area contributed by atoms with Crippen LogP contribution in [0.5, 0.6) is 0 Å². The van der Waals surface area contributed by atoms with E-state index in [4.69, 9.17) is 4.74 Å². The summed E-state index contributed by atoms with van der Waals surface area (Å²) in [6.07, 6.45) is -0.0875. The molecule has 0 aliphatic carbocycles. The van der Waals surface area contributed by atoms with Gasteiger partial charge in [-0.15, -0.1) is 0 Å². The molecule has 0 unspecified atom stereocenters. The number of carbonyl (C=O) groups is 3. The summed E-state index contributed by atoms with van der Waals surface area (Å²) in [5.74, 6) is -1.13. The largest absolute Gasteiger partial charge is 0.469 e. The Bertz CT molecular complexity index is 693. The molecule has 0 spiro atoms. The van der Waals surface area contributed by atoms with Crippen LogP contribution < -0.4 is 5.32 Å². The van der Waals surface area contributed by atoms with Crippen molar-refractivity contribution in [1.82, 2.24) is 4.90 Å². The Kier molecular flexibility index (Phi) is 5.35. The number of likely N-dealkylation sites (N-methyl/N-ethyl adjacent to an activating group) is 1. The third-order valence-electron chi connectivity index (χ3n) is 3.75. The number of methoxy groups -OCH3 is 1. The van der Waals surface area contributed by atoms with E-state index < -0.39 is 23.6 Å². The van der Waals surface area contributed by atoms with E-state index in [1.807, 2.05) is 0 Å². The lowest BCUT2D eigenvalue weighted by molar-refractivity contribution is -0.143. The number of ether oxygens (including phenoxy) is 2. The Morgan fingerprint density at radius 2 is 2.00 bits per heavy atom. The fourth-order valence-electron chi connectivity index (χ4n) is 2.55. The monoisotopic (exact) mass is 348 g/mol. The van der Waals surface area contributed by atoms with Gasteiger partial charge in [-0.05, 0) is 38.5 Å². The normalized spacial score (nSPS) is 17.2. The first-order valence-electron chi connectivity index (χ1n) is 8.05. The zero-order chi connectivity index (χ0) is 18.8. The summed E-state index contributed by atoms with van der Waals surface area (Å²) in [7, 11) is 2.95. The molecule has 1 aliphatic rings. The fourth-order valence-corrected chi connectivity index (χ4v) is 2.55. The van der Waals surface area contributed by atoms with Crippen LogP contribution in [0.2, 0.25) is 0 Å². The van der Waals surface area contributed by atoms with Crippen LogP contribution in [0.1, 0.15) is 43.1 Å². The average Bonchev–Trinajstić information content (AvgIpc) is 2.63. The summed E-state index contributed by atoms with van der Waals surface area (Å²) in [6, 6.07) is 4.37. The number of hydrogen-bond acceptors (Lipinski definition) is 6. The van der Waals surface area contributed by atoms with Gasteiger partial charge in [0.2, 0.25) is 5.91 Å². The highest BCUT2D eigenvalue weighted by molar-refractivity contribution is 5.93. The SMILES string of the molecule is COC(=O)C[C@@H]1Nc2cc(C(=O)OC(C)(C)C)ccc2CN(C)C1=O. The van der Waals surface area contributed by atoms with Gasteiger partial charge in [-0.25, -0.2) is 4.79 Å². The smallest absolute Gasteiger partial charge is 0.338 e. The molecule has 2 rings (SSSR count). The molecule has 1 amide bonds. The van der Waals surface area contributed by atoms with Crippen molar-refractivity contribution in [2.24, 2.45) is 0 Å². The molecule has 0 fully saturated rings. The number of nitrogens with zero attached hydrogens (tertiary/aromatic N) is 1. The van der Waals surface area contributed by atoms with Crippen molar-refractivity contribution < 1.29 is 23.9 Å². The van der Waals surface area contributed by atoms with Gasteiger partial charge in [0.05, 0.1) is 19.1 Å². The molecule has 1 aromatic rings. The molecule has 0 bridgehead atoms. The molecule has 0 saturated carbocycles. The number of rotatable bonds is 3. The molecule has 1 aliphatic heterocycles. The van der Waals surface area contributed by atoms with E-state index in [0.717, 1.165) is 5.56 Å². The standard InChI is InChI=1S/C18H24N2O5/c1-18(2,3)25-17(23)11-6-7-12-10-20(4)16(22)14(9-15(21)24-5)19-13(12)8-11/h6-8,14,19H,9-10H2,1-5H3/t14-/m0/s1. The number of amides is 1. The van der Waals surface area contributed by atoms with Crippen molar-refractivity contribution in [1.29, 1.82) is 0 Å². The first-order chi connectivity index (χ1) is 11.6. The molecular weight excluding hydrogens is 324 g/mol. The lowest BCUT2D eigenvalue weighted by Crippen LogP contribution is -2.39. The van der Waals surface area contributed by atoms with E-state index in [1.165, 1.54) is 7.11 Å². The second-order valence-corrected chi connectivity index (χ2v) is 7.05. The Morgan fingerprint density at radius 1 is 1.32 bits per heavy atom. The van der Waals surface area contributed by atoms with E-state index in [2.05, 4.69) is 10.1 Å². The van der Waals surface area contributed by atoms with Crippen LogP contribution in [0.3, 0.4) is 0 Å². The molecule has 25 heavy (non-hydrogen) atoms. The number of carbonyl (C=O) groups excluding carboxylic acids is 3. The van der Waals surface area contributed by atoms with Gasteiger partial charge in [0.15, 0.2) is 0 Å². The summed E-state index contributed by atoms with van der Waals surface area (Å²) < 4.78 is 10.0. The Labute approximate surface area is 147 Å². The van der Waals surface area contributed by atoms with Gasteiger partial charge in [0, 0.05) is 19.3 Å². The first-order valence-corrected chi connectivity index (χ1v) is 8.05. The van der Waals surface area contributed by atoms with Gasteiger partial charge in [0.25, 0.3) is 0 Å². The van der Waals surface area contributed by atoms with Crippen molar-refractivity contribution in [2.45, 2.75) is 45.4 Å². The van der Waals surface area contributed by atoms with E-state index >= 15 is 0 Å². The van der Waals surface area contributed by atoms with Gasteiger partial charge in [0.1, 0.15) is 11.6 Å². The molecular formula is C18H24N2O5. The third kappa shape index (κ3) is 4.71. The van der Waals surface area contributed by atoms with Crippen LogP contribution in [-0.2, 0) is 25.6 Å². The number of hydrogen-bond donors (Lipinski definition) is 1. The molecule has 0 radical (unpaired) electrons. The van der Waals surface area contributed by atoms with Crippen LogP contribution in [-0.4, -0.2) is 48.5 Å². The Hall–Kier alpha value is -2.57. The van der Waals surface area contributed by atoms with E-state index in [9.17, 15) is 14.4 Å². The third-order valence-corrected chi connectivity index (χ3v) is 3.75. The highest BCUT2D eigenvalue weighted by Crippen LogP contribution is 2.26. The lowest BCUT2D eigenvalue weighted by Gasteiger charge is -2.20. The minimum Gasteiger partial charge on any atom is -0.469 e. The summed E-state index contributed by atoms with van der Waals surface area (Å²) in [4.78, 5) is 37.8. The summed E-state index contributed by atoms with van der Waals surface area (Å²) in [6.45, 7) is 5.78. The maximum atomic E-state index is 12.4. The Morgan fingerprint density at radius 3 is 2.60 bits per heavy atom. The fraction of sp³-hybridized carbons (Fsp3) is 0.500. The molecule has 0 aromatic heterocycles. The molecule has 1 N–H and O–H groups in total. The highest BCUT2D eigenvalue weighted by Gasteiger charge is 2.30. The first kappa shape index (κ1) is 18.8. The predicted octanol–water partition coefficient (Wildman–Crippen LogP) is 1.96. The van der Waals surface area contributed by atoms with E-state index in [-0.39, 0.29) is 12.3 Å². The summed E-state index contributed by atoms with van der Waals surface area (Å²) in [5, 5.41) is 3.06. The van der Waals surface area contributed by atoms with Crippen molar-refractivity contribution in [3.8, 4) is 0 Å². The second-order valence-electron chi connectivity index (χ2n) is 7.05. The maximum Gasteiger partial charge on any atom is 0.338 e. The van der Waals surface area contributed by atoms with Crippen LogP contribution in [0.25, 0.3) is 0 Å². The van der Waals surface area contributed by atoms with Crippen molar-refractivity contribution in [3.05, 3.63) is 29.3 Å². The van der Waals surface area contributed by atoms with E-state index in [0.29, 0.717) is 17.8 Å². The van der Waals surface area contributed by atoms with E-state index in [1.54, 1.807) is 50.9 Å². The highest BCUT2D eigenvalue weighted by atomic mass is 16.6. The van der Waals surface area contributed by atoms with Crippen LogP contribution in [0.15, 0.2) is 18.2 Å². The van der Waals surface area contributed by atoms with Crippen molar-refractivity contribution in [2.75, 3.05) is 19.5 Å². The molecule has 0 saturated heterocycles. The number of nitrogens with one attached hydrogen (secondary N) is 1. The molecule has 1 heterocycles. The zero-order valence-corrected chi connectivity index (χ0v) is 15.2. The average molecular weight is 348 g/mol. The van der Waals surface area contributed by atoms with Crippen LogP contribution >= 0.6 is 0 Å². The van der Waals surface area contributed by atoms with Crippen LogP contribution in [0.4, 0.5) is 5.69 Å². The number of benzene rings is 1. The maximum absolute atomic E-state index is 12.4. The lowest BCUT2D eigenvalue weighted by atomic mass is 10.1. The number of fused-ring (bicyclic) bond motifs is 1. The Balaban J connectivity index is 2.30. The minimum atomic E-state index is -0.743. The molecule has 136 valence electrons. The van der Waals surface area contributed by atoms with Crippen molar-refractivity contribution in [3.63, 3.8) is 0 Å². The summed E-state index contributed by atoms with van der Waals surface area (Å²) >= 11 is 0. The van der Waals surface area contributed by atoms with Crippen LogP contribution in [0, 0.1) is 0 Å². The molecule has 7 nitrogen and oxygen atoms in total. The minimum absolute atomic E-state index is 0.0875. The van der Waals surface area contributed by atoms with Gasteiger partial charge >= 0.3 is 11.9 Å². The number of anilines is 1. The molecule has 1 atom stereocenters. The summed E-state index contributed by atoms with van der Waals surface area (Å²) in [5.41, 5.74) is 1.28. The quantitative estimate of drug-likeness (QED) is 0.841. The zero-order valence-electron chi connectivity index (χ0n) is 15.2. The molecule has 7 heteroatoms. The van der Waals surface area contributed by atoms with Crippen molar-refractivity contribution >= 4 is 23.5 Å². The second kappa shape index (κ2) is 7.13. The van der Waals surface area contributed by atoms with Gasteiger partial charge in [-0.3, -0.25) is 9.59 Å².